The molecule has 0 aliphatic carbocycles. The fourth-order valence-corrected chi connectivity index (χ4v) is 6.09. The van der Waals surface area contributed by atoms with Crippen LogP contribution in [0.15, 0.2) is 30.3 Å². The van der Waals surface area contributed by atoms with Crippen LogP contribution in [-0.4, -0.2) is 112 Å². The third kappa shape index (κ3) is 9.74. The molecule has 1 saturated heterocycles. The number of esters is 1. The number of carbonyl (C=O) groups excluding carboxylic acids is 4. The number of hydrogen-bond acceptors (Lipinski definition) is 8. The van der Waals surface area contributed by atoms with Crippen molar-refractivity contribution in [3.8, 4) is 0 Å². The highest BCUT2D eigenvalue weighted by atomic mass is 16.5. The van der Waals surface area contributed by atoms with Crippen LogP contribution in [0.5, 0.6) is 0 Å². The van der Waals surface area contributed by atoms with E-state index in [4.69, 9.17) is 14.2 Å². The summed E-state index contributed by atoms with van der Waals surface area (Å²) in [5.74, 6) is -1.61. The number of carbonyl (C=O) groups is 4. The summed E-state index contributed by atoms with van der Waals surface area (Å²) in [6.07, 6.45) is 1.56. The van der Waals surface area contributed by atoms with E-state index in [-0.39, 0.29) is 48.7 Å². The second kappa shape index (κ2) is 17.9. The first kappa shape index (κ1) is 36.2. The minimum atomic E-state index is -0.858. The Labute approximate surface area is 257 Å². The predicted octanol–water partition coefficient (Wildman–Crippen LogP) is 2.03. The van der Waals surface area contributed by atoms with Crippen molar-refractivity contribution in [1.82, 2.24) is 20.4 Å². The highest BCUT2D eigenvalue weighted by molar-refractivity contribution is 5.86. The molecule has 1 fully saturated rings. The maximum Gasteiger partial charge on any atom is 0.328 e. The standard InChI is InChI=1S/C32H52N4O7/c1-9-21(2)29(35(5)28(38)20-33-4)26(41-6)19-27(37)36-17-13-16-25(36)30(42-7)22(3)31(39)34-24(32(40)43-8)18-23-14-11-10-12-15-23/h10-12,14-15,21-22,24-26,29-30,33H,9,13,16-20H2,1-8H3,(H,34,39). The van der Waals surface area contributed by atoms with E-state index in [1.165, 1.54) is 14.2 Å². The summed E-state index contributed by atoms with van der Waals surface area (Å²) < 4.78 is 16.7. The molecule has 2 rings (SSSR count). The molecule has 11 nitrogen and oxygen atoms in total. The SMILES string of the molecule is CCC(C)C(C(CC(=O)N1CCCC1C(OC)C(C)C(=O)NC(Cc1ccccc1)C(=O)OC)OC)N(C)C(=O)CNC. The molecule has 1 aromatic rings. The normalized spacial score (nSPS) is 19.1. The summed E-state index contributed by atoms with van der Waals surface area (Å²) in [6, 6.07) is 7.93. The van der Waals surface area contributed by atoms with Crippen LogP contribution in [0, 0.1) is 11.8 Å². The van der Waals surface area contributed by atoms with Gasteiger partial charge in [0.05, 0.1) is 50.3 Å². The molecule has 1 aliphatic rings. The Morgan fingerprint density at radius 1 is 1.07 bits per heavy atom. The molecular weight excluding hydrogens is 552 g/mol. The van der Waals surface area contributed by atoms with Gasteiger partial charge in [-0.3, -0.25) is 14.4 Å². The topological polar surface area (TPSA) is 127 Å². The molecule has 1 heterocycles. The summed E-state index contributed by atoms with van der Waals surface area (Å²) >= 11 is 0. The first-order chi connectivity index (χ1) is 20.5. The van der Waals surface area contributed by atoms with Crippen LogP contribution in [0.2, 0.25) is 0 Å². The Morgan fingerprint density at radius 3 is 2.30 bits per heavy atom. The van der Waals surface area contributed by atoms with Crippen LogP contribution in [-0.2, 0) is 39.8 Å². The van der Waals surface area contributed by atoms with Crippen molar-refractivity contribution < 1.29 is 33.4 Å². The highest BCUT2D eigenvalue weighted by Gasteiger charge is 2.42. The average molecular weight is 605 g/mol. The van der Waals surface area contributed by atoms with Crippen molar-refractivity contribution >= 4 is 23.7 Å². The van der Waals surface area contributed by atoms with Crippen molar-refractivity contribution in [3.05, 3.63) is 35.9 Å². The number of likely N-dealkylation sites (tertiary alicyclic amines) is 1. The molecule has 1 aliphatic heterocycles. The lowest BCUT2D eigenvalue weighted by Gasteiger charge is -2.39. The van der Waals surface area contributed by atoms with Crippen LogP contribution in [0.3, 0.4) is 0 Å². The minimum Gasteiger partial charge on any atom is -0.467 e. The number of amides is 3. The second-order valence-corrected chi connectivity index (χ2v) is 11.4. The van der Waals surface area contributed by atoms with Crippen LogP contribution < -0.4 is 10.6 Å². The average Bonchev–Trinajstić information content (AvgIpc) is 3.50. The first-order valence-electron chi connectivity index (χ1n) is 15.2. The number of hydrogen-bond donors (Lipinski definition) is 2. The van der Waals surface area contributed by atoms with E-state index in [9.17, 15) is 19.2 Å². The Hall–Kier alpha value is -3.02. The van der Waals surface area contributed by atoms with Gasteiger partial charge in [0.1, 0.15) is 6.04 Å². The van der Waals surface area contributed by atoms with E-state index in [1.807, 2.05) is 30.3 Å². The van der Waals surface area contributed by atoms with Gasteiger partial charge in [-0.2, -0.15) is 0 Å². The largest absolute Gasteiger partial charge is 0.467 e. The number of benzene rings is 1. The minimum absolute atomic E-state index is 0.0712. The van der Waals surface area contributed by atoms with Crippen LogP contribution in [0.1, 0.15) is 52.0 Å². The van der Waals surface area contributed by atoms with Gasteiger partial charge in [-0.1, -0.05) is 57.5 Å². The molecule has 7 atom stereocenters. The fourth-order valence-electron chi connectivity index (χ4n) is 6.09. The summed E-state index contributed by atoms with van der Waals surface area (Å²) in [5.41, 5.74) is 0.892. The summed E-state index contributed by atoms with van der Waals surface area (Å²) in [6.45, 7) is 6.60. The lowest BCUT2D eigenvalue weighted by molar-refractivity contribution is -0.148. The molecule has 11 heteroatoms. The van der Waals surface area contributed by atoms with Crippen molar-refractivity contribution in [1.29, 1.82) is 0 Å². The van der Waals surface area contributed by atoms with Gasteiger partial charge in [0, 0.05) is 34.2 Å². The van der Waals surface area contributed by atoms with E-state index >= 15 is 0 Å². The zero-order valence-corrected chi connectivity index (χ0v) is 27.1. The van der Waals surface area contributed by atoms with Crippen molar-refractivity contribution in [3.63, 3.8) is 0 Å². The smallest absolute Gasteiger partial charge is 0.328 e. The van der Waals surface area contributed by atoms with Crippen molar-refractivity contribution in [2.45, 2.75) is 83.2 Å². The Morgan fingerprint density at radius 2 is 1.74 bits per heavy atom. The summed E-state index contributed by atoms with van der Waals surface area (Å²) in [7, 11) is 7.88. The number of nitrogens with one attached hydrogen (secondary N) is 2. The molecular formula is C32H52N4O7. The first-order valence-corrected chi connectivity index (χ1v) is 15.2. The van der Waals surface area contributed by atoms with E-state index in [2.05, 4.69) is 24.5 Å². The third-order valence-corrected chi connectivity index (χ3v) is 8.72. The molecule has 3 amide bonds. The molecule has 0 bridgehead atoms. The van der Waals surface area contributed by atoms with Gasteiger partial charge in [-0.15, -0.1) is 0 Å². The monoisotopic (exact) mass is 604 g/mol. The van der Waals surface area contributed by atoms with Gasteiger partial charge in [0.15, 0.2) is 0 Å². The van der Waals surface area contributed by atoms with Crippen LogP contribution in [0.25, 0.3) is 0 Å². The Kier molecular flexibility index (Phi) is 15.1. The number of methoxy groups -OCH3 is 3. The molecule has 43 heavy (non-hydrogen) atoms. The van der Waals surface area contributed by atoms with E-state index < -0.39 is 30.1 Å². The molecule has 7 unspecified atom stereocenters. The second-order valence-electron chi connectivity index (χ2n) is 11.4. The maximum absolute atomic E-state index is 13.8. The zero-order chi connectivity index (χ0) is 32.1. The van der Waals surface area contributed by atoms with Crippen molar-refractivity contribution in [2.75, 3.05) is 48.5 Å². The lowest BCUT2D eigenvalue weighted by Crippen LogP contribution is -2.54. The molecule has 0 radical (unpaired) electrons. The van der Waals surface area contributed by atoms with Crippen LogP contribution >= 0.6 is 0 Å². The predicted molar refractivity (Wildman–Crippen MR) is 164 cm³/mol. The Bertz CT molecular complexity index is 1040. The van der Waals surface area contributed by atoms with Crippen molar-refractivity contribution in [2.24, 2.45) is 11.8 Å². The van der Waals surface area contributed by atoms with Crippen LogP contribution in [0.4, 0.5) is 0 Å². The number of ether oxygens (including phenoxy) is 3. The fraction of sp³-hybridized carbons (Fsp3) is 0.688. The van der Waals surface area contributed by atoms with E-state index in [1.54, 1.807) is 37.9 Å². The van der Waals surface area contributed by atoms with Gasteiger partial charge < -0.3 is 34.6 Å². The van der Waals surface area contributed by atoms with Gasteiger partial charge in [0.2, 0.25) is 17.7 Å². The molecule has 0 spiro atoms. The summed E-state index contributed by atoms with van der Waals surface area (Å²) in [4.78, 5) is 56.0. The van der Waals surface area contributed by atoms with E-state index in [0.717, 1.165) is 18.4 Å². The third-order valence-electron chi connectivity index (χ3n) is 8.72. The maximum atomic E-state index is 13.8. The quantitative estimate of drug-likeness (QED) is 0.259. The number of rotatable bonds is 17. The molecule has 0 saturated carbocycles. The Balaban J connectivity index is 2.19. The molecule has 2 N–H and O–H groups in total. The van der Waals surface area contributed by atoms with Gasteiger partial charge >= 0.3 is 5.97 Å². The van der Waals surface area contributed by atoms with Gasteiger partial charge in [-0.25, -0.2) is 4.79 Å². The molecule has 0 aromatic heterocycles. The number of nitrogens with zero attached hydrogens (tertiary/aromatic N) is 2. The zero-order valence-electron chi connectivity index (χ0n) is 27.1. The lowest BCUT2D eigenvalue weighted by atomic mass is 9.90. The molecule has 1 aromatic carbocycles. The van der Waals surface area contributed by atoms with Gasteiger partial charge in [0.25, 0.3) is 0 Å². The number of likely N-dealkylation sites (N-methyl/N-ethyl adjacent to an activating group) is 2. The molecule has 242 valence electrons. The van der Waals surface area contributed by atoms with Gasteiger partial charge in [-0.05, 0) is 31.4 Å². The highest BCUT2D eigenvalue weighted by Crippen LogP contribution is 2.29. The summed E-state index contributed by atoms with van der Waals surface area (Å²) in [5, 5.41) is 5.75. The van der Waals surface area contributed by atoms with E-state index in [0.29, 0.717) is 19.4 Å².